The van der Waals surface area contributed by atoms with E-state index >= 15 is 0 Å². The number of aliphatic hydroxyl groups is 1. The van der Waals surface area contributed by atoms with Crippen LogP contribution in [0.1, 0.15) is 24.0 Å². The summed E-state index contributed by atoms with van der Waals surface area (Å²) in [5, 5.41) is 13.8. The zero-order chi connectivity index (χ0) is 18.5. The molecule has 2 atom stereocenters. The van der Waals surface area contributed by atoms with Crippen LogP contribution < -0.4 is 19.5 Å². The first-order chi connectivity index (χ1) is 13.3. The van der Waals surface area contributed by atoms with Crippen molar-refractivity contribution < 1.29 is 19.3 Å². The van der Waals surface area contributed by atoms with Gasteiger partial charge < -0.3 is 24.6 Å². The Morgan fingerprint density at radius 2 is 1.89 bits per heavy atom. The molecule has 5 nitrogen and oxygen atoms in total. The third-order valence-electron chi connectivity index (χ3n) is 5.16. The Morgan fingerprint density at radius 3 is 2.79 bits per heavy atom. The monoisotopic (exact) mass is 405 g/mol. The van der Waals surface area contributed by atoms with E-state index in [4.69, 9.17) is 14.2 Å². The van der Waals surface area contributed by atoms with Crippen LogP contribution in [0.4, 0.5) is 0 Å². The van der Waals surface area contributed by atoms with Crippen molar-refractivity contribution in [2.45, 2.75) is 37.8 Å². The summed E-state index contributed by atoms with van der Waals surface area (Å²) >= 11 is 0. The molecule has 1 aliphatic heterocycles. The number of hydrogen-bond donors (Lipinski definition) is 2. The third-order valence-corrected chi connectivity index (χ3v) is 5.16. The number of ether oxygens (including phenoxy) is 3. The predicted octanol–water partition coefficient (Wildman–Crippen LogP) is 3.16. The predicted molar refractivity (Wildman–Crippen MR) is 111 cm³/mol. The molecule has 0 radical (unpaired) electrons. The molecule has 1 heterocycles. The Kier molecular flexibility index (Phi) is 7.43. The molecule has 0 saturated heterocycles. The topological polar surface area (TPSA) is 60.0 Å². The lowest BCUT2D eigenvalue weighted by molar-refractivity contribution is 0.101. The van der Waals surface area contributed by atoms with Crippen molar-refractivity contribution in [1.29, 1.82) is 0 Å². The molecule has 4 rings (SSSR count). The Hall–Kier alpha value is -1.95. The maximum atomic E-state index is 10.3. The van der Waals surface area contributed by atoms with E-state index in [1.807, 2.05) is 18.2 Å². The highest BCUT2D eigenvalue weighted by Crippen LogP contribution is 2.38. The fraction of sp³-hybridized carbons (Fsp3) is 0.455. The zero-order valence-electron chi connectivity index (χ0n) is 15.9. The third kappa shape index (κ3) is 5.10. The van der Waals surface area contributed by atoms with Crippen molar-refractivity contribution in [2.24, 2.45) is 0 Å². The number of halogens is 1. The highest BCUT2D eigenvalue weighted by atomic mass is 35.5. The fourth-order valence-electron chi connectivity index (χ4n) is 3.70. The lowest BCUT2D eigenvalue weighted by Gasteiger charge is -2.26. The lowest BCUT2D eigenvalue weighted by atomic mass is 9.88. The Balaban J connectivity index is 0.00000225. The molecule has 1 aliphatic carbocycles. The van der Waals surface area contributed by atoms with Gasteiger partial charge in [-0.2, -0.15) is 0 Å². The summed E-state index contributed by atoms with van der Waals surface area (Å²) in [6.07, 6.45) is 3.48. The normalized spacial score (nSPS) is 19.0. The van der Waals surface area contributed by atoms with Crippen LogP contribution in [0.15, 0.2) is 42.5 Å². The van der Waals surface area contributed by atoms with Gasteiger partial charge in [0.25, 0.3) is 0 Å². The minimum Gasteiger partial charge on any atom is -0.489 e. The molecule has 152 valence electrons. The quantitative estimate of drug-likeness (QED) is 0.773. The van der Waals surface area contributed by atoms with E-state index < -0.39 is 6.10 Å². The molecule has 28 heavy (non-hydrogen) atoms. The van der Waals surface area contributed by atoms with Crippen LogP contribution in [0.5, 0.6) is 17.2 Å². The number of aliphatic hydroxyl groups excluding tert-OH is 1. The number of aryl methyl sites for hydroxylation is 1. The lowest BCUT2D eigenvalue weighted by Crippen LogP contribution is -2.40. The summed E-state index contributed by atoms with van der Waals surface area (Å²) in [4.78, 5) is 0. The van der Waals surface area contributed by atoms with Crippen molar-refractivity contribution in [1.82, 2.24) is 5.32 Å². The number of hydrogen-bond acceptors (Lipinski definition) is 5. The van der Waals surface area contributed by atoms with Gasteiger partial charge in [-0.3, -0.25) is 0 Å². The molecule has 0 aromatic heterocycles. The average molecular weight is 406 g/mol. The van der Waals surface area contributed by atoms with Crippen LogP contribution in [-0.2, 0) is 12.8 Å². The van der Waals surface area contributed by atoms with Crippen LogP contribution in [0.2, 0.25) is 0 Å². The maximum Gasteiger partial charge on any atom is 0.203 e. The van der Waals surface area contributed by atoms with Crippen LogP contribution in [0, 0.1) is 0 Å². The van der Waals surface area contributed by atoms with Crippen LogP contribution in [0.25, 0.3) is 0 Å². The molecule has 6 heteroatoms. The van der Waals surface area contributed by atoms with E-state index in [1.54, 1.807) is 0 Å². The van der Waals surface area contributed by atoms with Gasteiger partial charge in [0.2, 0.25) is 5.75 Å². The molecule has 2 unspecified atom stereocenters. The van der Waals surface area contributed by atoms with E-state index in [0.29, 0.717) is 43.0 Å². The van der Waals surface area contributed by atoms with E-state index in [1.165, 1.54) is 11.1 Å². The van der Waals surface area contributed by atoms with Crippen LogP contribution >= 0.6 is 12.4 Å². The van der Waals surface area contributed by atoms with Crippen molar-refractivity contribution in [3.8, 4) is 17.2 Å². The smallest absolute Gasteiger partial charge is 0.203 e. The van der Waals surface area contributed by atoms with Gasteiger partial charge in [0.15, 0.2) is 11.5 Å². The Labute approximate surface area is 172 Å². The largest absolute Gasteiger partial charge is 0.489 e. The number of rotatable bonds is 6. The minimum absolute atomic E-state index is 0. The second-order valence-electron chi connectivity index (χ2n) is 7.22. The van der Waals surface area contributed by atoms with Crippen molar-refractivity contribution >= 4 is 12.4 Å². The van der Waals surface area contributed by atoms with Crippen LogP contribution in [0.3, 0.4) is 0 Å². The fourth-order valence-corrected chi connectivity index (χ4v) is 3.70. The van der Waals surface area contributed by atoms with Gasteiger partial charge in [0.1, 0.15) is 12.7 Å². The first kappa shape index (κ1) is 20.8. The van der Waals surface area contributed by atoms with Gasteiger partial charge in [-0.25, -0.2) is 0 Å². The van der Waals surface area contributed by atoms with Gasteiger partial charge in [-0.15, -0.1) is 12.4 Å². The van der Waals surface area contributed by atoms with Gasteiger partial charge in [-0.1, -0.05) is 30.3 Å². The SMILES string of the molecule is Cl.OC(CNC1CCc2ccccc2C1)COc1cccc2c1OCCCO2. The summed E-state index contributed by atoms with van der Waals surface area (Å²) in [5.74, 6) is 1.97. The second kappa shape index (κ2) is 10.0. The van der Waals surface area contributed by atoms with Crippen molar-refractivity contribution in [2.75, 3.05) is 26.4 Å². The van der Waals surface area contributed by atoms with E-state index in [0.717, 1.165) is 25.7 Å². The summed E-state index contributed by atoms with van der Waals surface area (Å²) in [5.41, 5.74) is 2.86. The summed E-state index contributed by atoms with van der Waals surface area (Å²) < 4.78 is 17.2. The molecule has 2 aromatic rings. The molecule has 0 bridgehead atoms. The molecule has 2 N–H and O–H groups in total. The first-order valence-electron chi connectivity index (χ1n) is 9.79. The molecular weight excluding hydrogens is 378 g/mol. The van der Waals surface area contributed by atoms with Gasteiger partial charge >= 0.3 is 0 Å². The summed E-state index contributed by atoms with van der Waals surface area (Å²) in [6, 6.07) is 14.6. The van der Waals surface area contributed by atoms with E-state index in [-0.39, 0.29) is 19.0 Å². The molecular formula is C22H28ClNO4. The van der Waals surface area contributed by atoms with Gasteiger partial charge in [0.05, 0.1) is 13.2 Å². The first-order valence-corrected chi connectivity index (χ1v) is 9.79. The zero-order valence-corrected chi connectivity index (χ0v) is 16.7. The van der Waals surface area contributed by atoms with Crippen molar-refractivity contribution in [3.05, 3.63) is 53.6 Å². The standard InChI is InChI=1S/C22H27NO4.ClH/c24-19(14-23-18-10-9-16-5-1-2-6-17(16)13-18)15-27-21-8-3-7-20-22(21)26-12-4-11-25-20;/h1-3,5-8,18-19,23-24H,4,9-15H2;1H. The molecule has 2 aromatic carbocycles. The highest BCUT2D eigenvalue weighted by Gasteiger charge is 2.20. The molecule has 0 spiro atoms. The van der Waals surface area contributed by atoms with Gasteiger partial charge in [-0.05, 0) is 42.5 Å². The van der Waals surface area contributed by atoms with Crippen molar-refractivity contribution in [3.63, 3.8) is 0 Å². The molecule has 0 fully saturated rings. The van der Waals surface area contributed by atoms with Gasteiger partial charge in [0, 0.05) is 19.0 Å². The molecule has 2 aliphatic rings. The average Bonchev–Trinajstić information content (AvgIpc) is 2.96. The number of benzene rings is 2. The minimum atomic E-state index is -0.579. The number of para-hydroxylation sites is 1. The van der Waals surface area contributed by atoms with E-state index in [2.05, 4.69) is 29.6 Å². The van der Waals surface area contributed by atoms with Crippen LogP contribution in [-0.4, -0.2) is 43.6 Å². The molecule has 0 amide bonds. The maximum absolute atomic E-state index is 10.3. The Morgan fingerprint density at radius 1 is 1.07 bits per heavy atom. The summed E-state index contributed by atoms with van der Waals surface area (Å²) in [7, 11) is 0. The van der Waals surface area contributed by atoms with E-state index in [9.17, 15) is 5.11 Å². The number of fused-ring (bicyclic) bond motifs is 2. The molecule has 0 saturated carbocycles. The Bertz CT molecular complexity index is 770. The second-order valence-corrected chi connectivity index (χ2v) is 7.22. The highest BCUT2D eigenvalue weighted by molar-refractivity contribution is 5.85. The summed E-state index contributed by atoms with van der Waals surface area (Å²) in [6.45, 7) is 1.99. The number of nitrogens with one attached hydrogen (secondary N) is 1.